The molecule has 1 aromatic carbocycles. The van der Waals surface area contributed by atoms with Crippen LogP contribution < -0.4 is 5.32 Å². The lowest BCUT2D eigenvalue weighted by molar-refractivity contribution is 0.0204. The van der Waals surface area contributed by atoms with Crippen molar-refractivity contribution in [2.75, 3.05) is 45.9 Å². The SMILES string of the molecule is CC(CNC(=O)c1ccccc1S(=O)(=O)N1CCCCC1)N1CCOCC1. The number of amides is 1. The fraction of sp³-hybridized carbons (Fsp3) is 0.632. The summed E-state index contributed by atoms with van der Waals surface area (Å²) in [5.74, 6) is -0.341. The van der Waals surface area contributed by atoms with Gasteiger partial charge in [0, 0.05) is 38.8 Å². The Kier molecular flexibility index (Phi) is 6.86. The molecule has 0 spiro atoms. The molecule has 2 aliphatic heterocycles. The zero-order valence-electron chi connectivity index (χ0n) is 15.9. The van der Waals surface area contributed by atoms with Crippen molar-refractivity contribution in [2.45, 2.75) is 37.1 Å². The van der Waals surface area contributed by atoms with Crippen LogP contribution in [0.25, 0.3) is 0 Å². The van der Waals surface area contributed by atoms with E-state index in [1.54, 1.807) is 18.2 Å². The van der Waals surface area contributed by atoms with Crippen LogP contribution in [0.3, 0.4) is 0 Å². The highest BCUT2D eigenvalue weighted by molar-refractivity contribution is 7.89. The Morgan fingerprint density at radius 3 is 2.48 bits per heavy atom. The summed E-state index contributed by atoms with van der Waals surface area (Å²) in [6.45, 7) is 6.66. The van der Waals surface area contributed by atoms with Gasteiger partial charge in [0.25, 0.3) is 5.91 Å². The first kappa shape index (κ1) is 20.3. The Morgan fingerprint density at radius 1 is 1.11 bits per heavy atom. The molecule has 1 unspecified atom stereocenters. The van der Waals surface area contributed by atoms with Crippen molar-refractivity contribution < 1.29 is 17.9 Å². The molecular formula is C19H29N3O4S. The van der Waals surface area contributed by atoms with E-state index in [4.69, 9.17) is 4.74 Å². The summed E-state index contributed by atoms with van der Waals surface area (Å²) < 4.78 is 32.9. The number of hydrogen-bond acceptors (Lipinski definition) is 5. The summed E-state index contributed by atoms with van der Waals surface area (Å²) in [4.78, 5) is 15.1. The number of ether oxygens (including phenoxy) is 1. The van der Waals surface area contributed by atoms with Crippen molar-refractivity contribution >= 4 is 15.9 Å². The van der Waals surface area contributed by atoms with Crippen LogP contribution in [0.4, 0.5) is 0 Å². The molecule has 7 nitrogen and oxygen atoms in total. The van der Waals surface area contributed by atoms with Gasteiger partial charge in [-0.1, -0.05) is 18.6 Å². The van der Waals surface area contributed by atoms with Crippen molar-refractivity contribution in [1.29, 1.82) is 0 Å². The van der Waals surface area contributed by atoms with Crippen LogP contribution in [0.15, 0.2) is 29.2 Å². The van der Waals surface area contributed by atoms with Crippen molar-refractivity contribution in [1.82, 2.24) is 14.5 Å². The molecule has 1 amide bonds. The van der Waals surface area contributed by atoms with Gasteiger partial charge in [0.2, 0.25) is 10.0 Å². The van der Waals surface area contributed by atoms with E-state index < -0.39 is 10.0 Å². The molecule has 8 heteroatoms. The van der Waals surface area contributed by atoms with Gasteiger partial charge in [-0.15, -0.1) is 0 Å². The number of sulfonamides is 1. The summed E-state index contributed by atoms with van der Waals surface area (Å²) in [6, 6.07) is 6.67. The summed E-state index contributed by atoms with van der Waals surface area (Å²) in [6.07, 6.45) is 2.78. The molecular weight excluding hydrogens is 366 g/mol. The Hall–Kier alpha value is -1.48. The standard InChI is InChI=1S/C19H29N3O4S/c1-16(21-11-13-26-14-12-21)15-20-19(23)17-7-3-4-8-18(17)27(24,25)22-9-5-2-6-10-22/h3-4,7-8,16H,2,5-6,9-15H2,1H3,(H,20,23). The Balaban J connectivity index is 1.70. The Morgan fingerprint density at radius 2 is 1.78 bits per heavy atom. The van der Waals surface area contributed by atoms with Crippen LogP contribution in [0.1, 0.15) is 36.5 Å². The normalized spacial score (nSPS) is 20.9. The molecule has 0 radical (unpaired) electrons. The monoisotopic (exact) mass is 395 g/mol. The highest BCUT2D eigenvalue weighted by Gasteiger charge is 2.30. The van der Waals surface area contributed by atoms with E-state index in [1.165, 1.54) is 10.4 Å². The van der Waals surface area contributed by atoms with Crippen molar-refractivity contribution in [3.05, 3.63) is 29.8 Å². The first-order valence-corrected chi connectivity index (χ1v) is 11.1. The number of carbonyl (C=O) groups excluding carboxylic acids is 1. The molecule has 1 N–H and O–H groups in total. The zero-order chi connectivity index (χ0) is 19.3. The molecule has 2 fully saturated rings. The number of carbonyl (C=O) groups is 1. The smallest absolute Gasteiger partial charge is 0.252 e. The maximum Gasteiger partial charge on any atom is 0.252 e. The van der Waals surface area contributed by atoms with Gasteiger partial charge in [-0.25, -0.2) is 8.42 Å². The minimum atomic E-state index is -3.65. The highest BCUT2D eigenvalue weighted by Crippen LogP contribution is 2.23. The first-order valence-electron chi connectivity index (χ1n) is 9.69. The molecule has 1 atom stereocenters. The Labute approximate surface area is 161 Å². The van der Waals surface area contributed by atoms with E-state index >= 15 is 0 Å². The van der Waals surface area contributed by atoms with Crippen LogP contribution in [0.5, 0.6) is 0 Å². The molecule has 0 aromatic heterocycles. The van der Waals surface area contributed by atoms with Crippen LogP contribution in [-0.4, -0.2) is 75.5 Å². The third-order valence-corrected chi connectivity index (χ3v) is 7.25. The second-order valence-electron chi connectivity index (χ2n) is 7.17. The van der Waals surface area contributed by atoms with Gasteiger partial charge in [0.05, 0.1) is 23.7 Å². The predicted molar refractivity (Wildman–Crippen MR) is 103 cm³/mol. The second kappa shape index (κ2) is 9.14. The van der Waals surface area contributed by atoms with E-state index in [0.717, 1.165) is 32.4 Å². The van der Waals surface area contributed by atoms with E-state index in [0.29, 0.717) is 32.8 Å². The minimum Gasteiger partial charge on any atom is -0.379 e. The van der Waals surface area contributed by atoms with Gasteiger partial charge in [-0.05, 0) is 31.9 Å². The van der Waals surface area contributed by atoms with E-state index in [9.17, 15) is 13.2 Å². The number of benzene rings is 1. The van der Waals surface area contributed by atoms with Crippen LogP contribution in [0, 0.1) is 0 Å². The lowest BCUT2D eigenvalue weighted by Gasteiger charge is -2.32. The minimum absolute atomic E-state index is 0.100. The number of hydrogen-bond donors (Lipinski definition) is 1. The largest absolute Gasteiger partial charge is 0.379 e. The first-order chi connectivity index (χ1) is 13.0. The van der Waals surface area contributed by atoms with Crippen molar-refractivity contribution in [3.63, 3.8) is 0 Å². The highest BCUT2D eigenvalue weighted by atomic mass is 32.2. The topological polar surface area (TPSA) is 79.0 Å². The number of morpholine rings is 1. The number of nitrogens with one attached hydrogen (secondary N) is 1. The summed E-state index contributed by atoms with van der Waals surface area (Å²) >= 11 is 0. The molecule has 27 heavy (non-hydrogen) atoms. The quantitative estimate of drug-likeness (QED) is 0.786. The number of rotatable bonds is 6. The predicted octanol–water partition coefficient (Wildman–Crippen LogP) is 1.31. The molecule has 150 valence electrons. The van der Waals surface area contributed by atoms with Crippen molar-refractivity contribution in [3.8, 4) is 0 Å². The lowest BCUT2D eigenvalue weighted by Crippen LogP contribution is -2.47. The van der Waals surface area contributed by atoms with Gasteiger partial charge >= 0.3 is 0 Å². The zero-order valence-corrected chi connectivity index (χ0v) is 16.7. The van der Waals surface area contributed by atoms with Gasteiger partial charge in [-0.2, -0.15) is 4.31 Å². The van der Waals surface area contributed by atoms with Gasteiger partial charge in [-0.3, -0.25) is 9.69 Å². The van der Waals surface area contributed by atoms with Crippen LogP contribution >= 0.6 is 0 Å². The van der Waals surface area contributed by atoms with Gasteiger partial charge in [0.15, 0.2) is 0 Å². The molecule has 2 aliphatic rings. The summed E-state index contributed by atoms with van der Waals surface area (Å²) in [5.41, 5.74) is 0.220. The Bertz CT molecular complexity index is 741. The van der Waals surface area contributed by atoms with E-state index in [2.05, 4.69) is 17.1 Å². The molecule has 1 aromatic rings. The van der Waals surface area contributed by atoms with Gasteiger partial charge in [0.1, 0.15) is 0 Å². The van der Waals surface area contributed by atoms with E-state index in [-0.39, 0.29) is 22.4 Å². The molecule has 3 rings (SSSR count). The third kappa shape index (κ3) is 4.87. The van der Waals surface area contributed by atoms with Crippen LogP contribution in [-0.2, 0) is 14.8 Å². The average Bonchev–Trinajstić information content (AvgIpc) is 2.73. The summed E-state index contributed by atoms with van der Waals surface area (Å²) in [5, 5.41) is 2.91. The van der Waals surface area contributed by atoms with Crippen LogP contribution in [0.2, 0.25) is 0 Å². The molecule has 0 aliphatic carbocycles. The number of piperidine rings is 1. The lowest BCUT2D eigenvalue weighted by atomic mass is 10.2. The summed E-state index contributed by atoms with van der Waals surface area (Å²) in [7, 11) is -3.65. The van der Waals surface area contributed by atoms with E-state index in [1.807, 2.05) is 0 Å². The fourth-order valence-electron chi connectivity index (χ4n) is 3.61. The molecule has 2 saturated heterocycles. The third-order valence-electron chi connectivity index (χ3n) is 5.29. The number of nitrogens with zero attached hydrogens (tertiary/aromatic N) is 2. The second-order valence-corrected chi connectivity index (χ2v) is 9.07. The maximum atomic E-state index is 13.0. The molecule has 2 heterocycles. The fourth-order valence-corrected chi connectivity index (χ4v) is 5.31. The average molecular weight is 396 g/mol. The molecule has 0 saturated carbocycles. The van der Waals surface area contributed by atoms with Gasteiger partial charge < -0.3 is 10.1 Å². The maximum absolute atomic E-state index is 13.0. The van der Waals surface area contributed by atoms with Crippen molar-refractivity contribution in [2.24, 2.45) is 0 Å². The molecule has 0 bridgehead atoms.